The molecule has 0 saturated heterocycles. The lowest BCUT2D eigenvalue weighted by Crippen LogP contribution is -2.45. The Morgan fingerprint density at radius 3 is 2.02 bits per heavy atom. The third-order valence-corrected chi connectivity index (χ3v) is 8.02. The van der Waals surface area contributed by atoms with Crippen molar-refractivity contribution in [2.24, 2.45) is 12.5 Å². The van der Waals surface area contributed by atoms with Crippen LogP contribution in [0.1, 0.15) is 65.5 Å². The highest BCUT2D eigenvalue weighted by atomic mass is 32.2. The van der Waals surface area contributed by atoms with Crippen molar-refractivity contribution < 1.29 is 23.4 Å². The lowest BCUT2D eigenvalue weighted by Gasteiger charge is -2.32. The monoisotopic (exact) mass is 574 g/mol. The number of carboxylic acid groups (broad SMARTS) is 1. The molecule has 0 aliphatic heterocycles. The highest BCUT2D eigenvalue weighted by Crippen LogP contribution is 2.35. The standard InChI is InChI=1S/C28H42N6O5S/c1-26(2,3)16-21-17-33(40(38,39)31(8)9)24(29-21)28(7,37)15-19-11-13-20(14-12-19)22-18-32(10)30-23(22)34(25(35)36)27(4,5)6/h11-14,17-18,37H,15-16H2,1-10H3,(H,35,36). The summed E-state index contributed by atoms with van der Waals surface area (Å²) in [5, 5.41) is 25.9. The van der Waals surface area contributed by atoms with Crippen LogP contribution >= 0.6 is 0 Å². The quantitative estimate of drug-likeness (QED) is 0.411. The fraction of sp³-hybridized carbons (Fsp3) is 0.536. The van der Waals surface area contributed by atoms with Crippen LogP contribution in [0.4, 0.5) is 10.6 Å². The van der Waals surface area contributed by atoms with E-state index in [2.05, 4.69) is 10.1 Å². The molecule has 0 fully saturated rings. The summed E-state index contributed by atoms with van der Waals surface area (Å²) in [7, 11) is 0.687. The van der Waals surface area contributed by atoms with E-state index in [0.717, 1.165) is 19.4 Å². The highest BCUT2D eigenvalue weighted by Gasteiger charge is 2.36. The fourth-order valence-electron chi connectivity index (χ4n) is 4.57. The van der Waals surface area contributed by atoms with Gasteiger partial charge in [-0.15, -0.1) is 0 Å². The topological polar surface area (TPSA) is 134 Å². The number of anilines is 1. The van der Waals surface area contributed by atoms with Gasteiger partial charge in [0.05, 0.1) is 5.69 Å². The van der Waals surface area contributed by atoms with Crippen LogP contribution in [0.2, 0.25) is 0 Å². The number of rotatable bonds is 8. The van der Waals surface area contributed by atoms with E-state index in [-0.39, 0.29) is 17.7 Å². The maximum Gasteiger partial charge on any atom is 0.413 e. The van der Waals surface area contributed by atoms with Crippen LogP contribution in [0.3, 0.4) is 0 Å². The van der Waals surface area contributed by atoms with Crippen molar-refractivity contribution in [1.82, 2.24) is 23.0 Å². The number of amides is 1. The van der Waals surface area contributed by atoms with Gasteiger partial charge in [-0.3, -0.25) is 9.58 Å². The second-order valence-corrected chi connectivity index (χ2v) is 14.9. The first-order valence-electron chi connectivity index (χ1n) is 13.0. The summed E-state index contributed by atoms with van der Waals surface area (Å²) in [4.78, 5) is 17.9. The molecule has 1 atom stereocenters. The predicted molar refractivity (Wildman–Crippen MR) is 156 cm³/mol. The van der Waals surface area contributed by atoms with E-state index >= 15 is 0 Å². The third kappa shape index (κ3) is 6.73. The van der Waals surface area contributed by atoms with Crippen molar-refractivity contribution >= 4 is 22.1 Å². The lowest BCUT2D eigenvalue weighted by molar-refractivity contribution is 0.0473. The minimum Gasteiger partial charge on any atom is -0.465 e. The predicted octanol–water partition coefficient (Wildman–Crippen LogP) is 4.26. The molecule has 0 spiro atoms. The molecular formula is C28H42N6O5S. The summed E-state index contributed by atoms with van der Waals surface area (Å²) >= 11 is 0. The Hall–Kier alpha value is -3.22. The van der Waals surface area contributed by atoms with E-state index in [1.165, 1.54) is 25.2 Å². The summed E-state index contributed by atoms with van der Waals surface area (Å²) in [5.41, 5.74) is 0.285. The fourth-order valence-corrected chi connectivity index (χ4v) is 5.63. The Bertz CT molecular complexity index is 1470. The van der Waals surface area contributed by atoms with Gasteiger partial charge in [0.15, 0.2) is 11.6 Å². The maximum absolute atomic E-state index is 13.1. The van der Waals surface area contributed by atoms with Crippen molar-refractivity contribution in [3.05, 3.63) is 53.7 Å². The van der Waals surface area contributed by atoms with Crippen molar-refractivity contribution in [3.8, 4) is 11.1 Å². The highest BCUT2D eigenvalue weighted by molar-refractivity contribution is 7.87. The van der Waals surface area contributed by atoms with Gasteiger partial charge in [0, 0.05) is 51.1 Å². The molecule has 3 rings (SSSR count). The van der Waals surface area contributed by atoms with Gasteiger partial charge in [0.25, 0.3) is 0 Å². The zero-order valence-electron chi connectivity index (χ0n) is 25.1. The maximum atomic E-state index is 13.1. The molecule has 12 heteroatoms. The van der Waals surface area contributed by atoms with Gasteiger partial charge in [0.2, 0.25) is 0 Å². The van der Waals surface area contributed by atoms with Gasteiger partial charge in [0.1, 0.15) is 5.60 Å². The molecule has 0 saturated carbocycles. The minimum absolute atomic E-state index is 0.0429. The number of benzene rings is 1. The largest absolute Gasteiger partial charge is 0.465 e. The van der Waals surface area contributed by atoms with E-state index in [1.807, 2.05) is 45.0 Å². The Morgan fingerprint density at radius 1 is 0.975 bits per heavy atom. The van der Waals surface area contributed by atoms with E-state index in [0.29, 0.717) is 23.5 Å². The second-order valence-electron chi connectivity index (χ2n) is 12.9. The lowest BCUT2D eigenvalue weighted by atomic mass is 9.91. The van der Waals surface area contributed by atoms with E-state index in [1.54, 1.807) is 45.6 Å². The smallest absolute Gasteiger partial charge is 0.413 e. The van der Waals surface area contributed by atoms with Crippen molar-refractivity contribution in [2.75, 3.05) is 19.0 Å². The normalized spacial score (nSPS) is 14.4. The van der Waals surface area contributed by atoms with Gasteiger partial charge in [-0.05, 0) is 50.7 Å². The Labute approximate surface area is 237 Å². The van der Waals surface area contributed by atoms with Crippen molar-refractivity contribution in [2.45, 2.75) is 72.4 Å². The molecule has 0 radical (unpaired) electrons. The first-order valence-corrected chi connectivity index (χ1v) is 14.4. The van der Waals surface area contributed by atoms with E-state index in [9.17, 15) is 23.4 Å². The molecule has 11 nitrogen and oxygen atoms in total. The number of hydrogen-bond donors (Lipinski definition) is 2. The first kappa shape index (κ1) is 31.3. The average molecular weight is 575 g/mol. The number of aryl methyl sites for hydroxylation is 1. The van der Waals surface area contributed by atoms with Crippen LogP contribution in [-0.4, -0.2) is 67.4 Å². The minimum atomic E-state index is -3.92. The summed E-state index contributed by atoms with van der Waals surface area (Å²) in [6.45, 7) is 13.1. The molecule has 220 valence electrons. The molecule has 1 unspecified atom stereocenters. The number of imidazole rings is 1. The van der Waals surface area contributed by atoms with Crippen LogP contribution in [0, 0.1) is 5.41 Å². The van der Waals surface area contributed by atoms with Crippen LogP contribution in [0.5, 0.6) is 0 Å². The third-order valence-electron chi connectivity index (χ3n) is 6.32. The average Bonchev–Trinajstić information content (AvgIpc) is 3.36. The number of nitrogens with zero attached hydrogens (tertiary/aromatic N) is 6. The zero-order valence-corrected chi connectivity index (χ0v) is 25.9. The van der Waals surface area contributed by atoms with Gasteiger partial charge in [-0.1, -0.05) is 45.0 Å². The molecule has 0 aliphatic carbocycles. The zero-order chi connectivity index (χ0) is 30.4. The SMILES string of the molecule is CN(C)S(=O)(=O)n1cc(CC(C)(C)C)nc1C(C)(O)Cc1ccc(-c2cn(C)nc2N(C(=O)O)C(C)(C)C)cc1. The summed E-state index contributed by atoms with van der Waals surface area (Å²) < 4.78 is 30.0. The van der Waals surface area contributed by atoms with Gasteiger partial charge >= 0.3 is 16.3 Å². The van der Waals surface area contributed by atoms with Crippen molar-refractivity contribution in [1.29, 1.82) is 0 Å². The molecule has 3 aromatic rings. The number of aliphatic hydroxyl groups is 1. The molecule has 0 bridgehead atoms. The van der Waals surface area contributed by atoms with E-state index in [4.69, 9.17) is 0 Å². The second kappa shape index (κ2) is 10.6. The summed E-state index contributed by atoms with van der Waals surface area (Å²) in [6, 6.07) is 7.32. The van der Waals surface area contributed by atoms with Crippen LogP contribution in [0.15, 0.2) is 36.7 Å². The molecule has 2 heterocycles. The molecule has 1 aromatic carbocycles. The summed E-state index contributed by atoms with van der Waals surface area (Å²) in [6.07, 6.45) is 2.79. The molecule has 0 aliphatic rings. The molecule has 1 amide bonds. The number of aromatic nitrogens is 4. The van der Waals surface area contributed by atoms with Crippen LogP contribution in [-0.2, 0) is 35.7 Å². The molecule has 40 heavy (non-hydrogen) atoms. The molecular weight excluding hydrogens is 532 g/mol. The Kier molecular flexibility index (Phi) is 8.33. The van der Waals surface area contributed by atoms with E-state index < -0.39 is 27.4 Å². The van der Waals surface area contributed by atoms with Gasteiger partial charge < -0.3 is 10.2 Å². The summed E-state index contributed by atoms with van der Waals surface area (Å²) in [5.74, 6) is 0.367. The molecule has 2 aromatic heterocycles. The Morgan fingerprint density at radius 2 is 1.55 bits per heavy atom. The van der Waals surface area contributed by atoms with Gasteiger partial charge in [-0.2, -0.15) is 17.8 Å². The van der Waals surface area contributed by atoms with Crippen LogP contribution < -0.4 is 4.90 Å². The number of carbonyl (C=O) groups is 1. The van der Waals surface area contributed by atoms with Crippen LogP contribution in [0.25, 0.3) is 11.1 Å². The molecule has 2 N–H and O–H groups in total. The van der Waals surface area contributed by atoms with Gasteiger partial charge in [-0.25, -0.2) is 13.8 Å². The Balaban J connectivity index is 2.00. The first-order chi connectivity index (χ1) is 18.1. The number of hydrogen-bond acceptors (Lipinski definition) is 6. The van der Waals surface area contributed by atoms with Crippen molar-refractivity contribution in [3.63, 3.8) is 0 Å².